The van der Waals surface area contributed by atoms with Crippen molar-refractivity contribution in [3.63, 3.8) is 0 Å². The normalized spacial score (nSPS) is 19.9. The van der Waals surface area contributed by atoms with Gasteiger partial charge < -0.3 is 20.9 Å². The summed E-state index contributed by atoms with van der Waals surface area (Å²) >= 11 is 0. The highest BCUT2D eigenvalue weighted by Crippen LogP contribution is 2.20. The van der Waals surface area contributed by atoms with Crippen molar-refractivity contribution in [2.24, 2.45) is 16.6 Å². The molecule has 2 amide bonds. The average Bonchev–Trinajstić information content (AvgIpc) is 2.70. The minimum Gasteiger partial charge on any atom is -0.370 e. The van der Waals surface area contributed by atoms with Crippen molar-refractivity contribution in [1.29, 1.82) is 0 Å². The minimum absolute atomic E-state index is 0.0515. The zero-order valence-electron chi connectivity index (χ0n) is 16.7. The SMILES string of the molecule is CCNC(=NCC(=O)N1CCc2ccccc2C1)N1CCCC(CC(N)=O)C1. The Morgan fingerprint density at radius 1 is 1.21 bits per heavy atom. The molecule has 7 nitrogen and oxygen atoms in total. The lowest BCUT2D eigenvalue weighted by atomic mass is 9.95. The van der Waals surface area contributed by atoms with Crippen LogP contribution in [0.3, 0.4) is 0 Å². The maximum atomic E-state index is 12.7. The van der Waals surface area contributed by atoms with Gasteiger partial charge >= 0.3 is 0 Å². The van der Waals surface area contributed by atoms with Crippen LogP contribution in [0, 0.1) is 5.92 Å². The van der Waals surface area contributed by atoms with Crippen molar-refractivity contribution in [2.45, 2.75) is 39.2 Å². The molecular formula is C21H31N5O2. The number of nitrogens with one attached hydrogen (secondary N) is 1. The number of likely N-dealkylation sites (tertiary alicyclic amines) is 1. The van der Waals surface area contributed by atoms with Gasteiger partial charge in [0, 0.05) is 39.1 Å². The molecule has 0 bridgehead atoms. The molecule has 28 heavy (non-hydrogen) atoms. The molecular weight excluding hydrogens is 354 g/mol. The predicted molar refractivity (Wildman–Crippen MR) is 110 cm³/mol. The van der Waals surface area contributed by atoms with Gasteiger partial charge in [0.2, 0.25) is 11.8 Å². The number of rotatable bonds is 5. The van der Waals surface area contributed by atoms with Gasteiger partial charge in [-0.1, -0.05) is 24.3 Å². The van der Waals surface area contributed by atoms with Crippen LogP contribution in [0.2, 0.25) is 0 Å². The number of carbonyl (C=O) groups excluding carboxylic acids is 2. The molecule has 152 valence electrons. The van der Waals surface area contributed by atoms with E-state index in [0.29, 0.717) is 13.0 Å². The lowest BCUT2D eigenvalue weighted by Crippen LogP contribution is -2.47. The van der Waals surface area contributed by atoms with E-state index in [0.717, 1.165) is 51.4 Å². The average molecular weight is 386 g/mol. The molecule has 0 spiro atoms. The number of nitrogens with two attached hydrogens (primary N) is 1. The molecule has 1 aromatic rings. The summed E-state index contributed by atoms with van der Waals surface area (Å²) in [6, 6.07) is 8.30. The van der Waals surface area contributed by atoms with Crippen LogP contribution in [0.25, 0.3) is 0 Å². The zero-order chi connectivity index (χ0) is 19.9. The van der Waals surface area contributed by atoms with E-state index in [1.165, 1.54) is 11.1 Å². The van der Waals surface area contributed by atoms with Crippen molar-refractivity contribution in [1.82, 2.24) is 15.1 Å². The van der Waals surface area contributed by atoms with Gasteiger partial charge in [-0.25, -0.2) is 4.99 Å². The standard InChI is InChI=1S/C21H31N5O2/c1-2-23-21(26-10-5-6-16(14-26)12-19(22)27)24-13-20(28)25-11-9-17-7-3-4-8-18(17)15-25/h3-4,7-8,16H,2,5-6,9-15H2,1H3,(H2,22,27)(H,23,24). The van der Waals surface area contributed by atoms with E-state index in [-0.39, 0.29) is 24.3 Å². The quantitative estimate of drug-likeness (QED) is 0.587. The first-order valence-corrected chi connectivity index (χ1v) is 10.2. The van der Waals surface area contributed by atoms with E-state index in [1.807, 2.05) is 24.0 Å². The second kappa shape index (κ2) is 9.57. The second-order valence-corrected chi connectivity index (χ2v) is 7.63. The smallest absolute Gasteiger partial charge is 0.244 e. The Morgan fingerprint density at radius 3 is 2.75 bits per heavy atom. The first kappa shape index (κ1) is 20.2. The third-order valence-corrected chi connectivity index (χ3v) is 5.49. The summed E-state index contributed by atoms with van der Waals surface area (Å²) in [6.07, 6.45) is 3.30. The second-order valence-electron chi connectivity index (χ2n) is 7.63. The highest BCUT2D eigenvalue weighted by atomic mass is 16.2. The third kappa shape index (κ3) is 5.24. The Kier molecular flexibility index (Phi) is 6.90. The number of piperidine rings is 1. The number of benzene rings is 1. The first-order chi connectivity index (χ1) is 13.6. The maximum Gasteiger partial charge on any atom is 0.244 e. The lowest BCUT2D eigenvalue weighted by molar-refractivity contribution is -0.130. The van der Waals surface area contributed by atoms with E-state index in [4.69, 9.17) is 5.73 Å². The summed E-state index contributed by atoms with van der Waals surface area (Å²) in [5, 5.41) is 3.29. The molecule has 0 aromatic heterocycles. The van der Waals surface area contributed by atoms with Gasteiger partial charge in [-0.15, -0.1) is 0 Å². The molecule has 3 rings (SSSR count). The van der Waals surface area contributed by atoms with Gasteiger partial charge in [-0.2, -0.15) is 0 Å². The minimum atomic E-state index is -0.255. The van der Waals surface area contributed by atoms with E-state index < -0.39 is 0 Å². The highest BCUT2D eigenvalue weighted by Gasteiger charge is 2.24. The number of amides is 2. The largest absolute Gasteiger partial charge is 0.370 e. The molecule has 1 aromatic carbocycles. The fraction of sp³-hybridized carbons (Fsp3) is 0.571. The van der Waals surface area contributed by atoms with Gasteiger partial charge in [0.25, 0.3) is 0 Å². The van der Waals surface area contributed by atoms with Crippen LogP contribution in [0.5, 0.6) is 0 Å². The number of carbonyl (C=O) groups is 2. The van der Waals surface area contributed by atoms with Crippen LogP contribution < -0.4 is 11.1 Å². The number of guanidine groups is 1. The van der Waals surface area contributed by atoms with Crippen LogP contribution in [-0.4, -0.2) is 60.3 Å². The predicted octanol–water partition coefficient (Wildman–Crippen LogP) is 1.12. The van der Waals surface area contributed by atoms with E-state index in [1.54, 1.807) is 0 Å². The molecule has 0 saturated carbocycles. The molecule has 1 fully saturated rings. The lowest BCUT2D eigenvalue weighted by Gasteiger charge is -2.35. The van der Waals surface area contributed by atoms with Crippen LogP contribution in [0.4, 0.5) is 0 Å². The molecule has 1 unspecified atom stereocenters. The topological polar surface area (TPSA) is 91.0 Å². The number of hydrogen-bond donors (Lipinski definition) is 2. The highest BCUT2D eigenvalue weighted by molar-refractivity contribution is 5.85. The molecule has 2 aliphatic heterocycles. The fourth-order valence-corrected chi connectivity index (χ4v) is 4.09. The number of fused-ring (bicyclic) bond motifs is 1. The monoisotopic (exact) mass is 385 g/mol. The first-order valence-electron chi connectivity index (χ1n) is 10.2. The summed E-state index contributed by atoms with van der Waals surface area (Å²) in [5.74, 6) is 0.803. The number of hydrogen-bond acceptors (Lipinski definition) is 3. The molecule has 2 aliphatic rings. The van der Waals surface area contributed by atoms with Crippen molar-refractivity contribution in [3.8, 4) is 0 Å². The third-order valence-electron chi connectivity index (χ3n) is 5.49. The molecule has 0 radical (unpaired) electrons. The summed E-state index contributed by atoms with van der Waals surface area (Å²) in [7, 11) is 0. The van der Waals surface area contributed by atoms with Gasteiger partial charge in [-0.05, 0) is 43.2 Å². The molecule has 1 atom stereocenters. The van der Waals surface area contributed by atoms with E-state index in [2.05, 4.69) is 27.3 Å². The number of nitrogens with zero attached hydrogens (tertiary/aromatic N) is 3. The van der Waals surface area contributed by atoms with Gasteiger partial charge in [0.05, 0.1) is 0 Å². The Hall–Kier alpha value is -2.57. The van der Waals surface area contributed by atoms with Crippen molar-refractivity contribution < 1.29 is 9.59 Å². The Balaban J connectivity index is 1.61. The number of aliphatic imine (C=N–C) groups is 1. The molecule has 0 aliphatic carbocycles. The Bertz CT molecular complexity index is 733. The van der Waals surface area contributed by atoms with Crippen LogP contribution in [0.15, 0.2) is 29.3 Å². The maximum absolute atomic E-state index is 12.7. The Morgan fingerprint density at radius 2 is 2.00 bits per heavy atom. The van der Waals surface area contributed by atoms with Crippen molar-refractivity contribution in [2.75, 3.05) is 32.7 Å². The molecule has 2 heterocycles. The fourth-order valence-electron chi connectivity index (χ4n) is 4.09. The van der Waals surface area contributed by atoms with Gasteiger partial charge in [0.1, 0.15) is 6.54 Å². The van der Waals surface area contributed by atoms with Crippen LogP contribution in [-0.2, 0) is 22.6 Å². The summed E-state index contributed by atoms with van der Waals surface area (Å²) in [4.78, 5) is 32.6. The van der Waals surface area contributed by atoms with Crippen molar-refractivity contribution >= 4 is 17.8 Å². The summed E-state index contributed by atoms with van der Waals surface area (Å²) in [6.45, 7) is 5.93. The zero-order valence-corrected chi connectivity index (χ0v) is 16.7. The van der Waals surface area contributed by atoms with Crippen molar-refractivity contribution in [3.05, 3.63) is 35.4 Å². The van der Waals surface area contributed by atoms with Crippen LogP contribution in [0.1, 0.15) is 37.3 Å². The summed E-state index contributed by atoms with van der Waals surface area (Å²) < 4.78 is 0. The van der Waals surface area contributed by atoms with Crippen LogP contribution >= 0.6 is 0 Å². The Labute approximate surface area is 167 Å². The van der Waals surface area contributed by atoms with E-state index in [9.17, 15) is 9.59 Å². The molecule has 3 N–H and O–H groups in total. The van der Waals surface area contributed by atoms with E-state index >= 15 is 0 Å². The van der Waals surface area contributed by atoms with Gasteiger partial charge in [-0.3, -0.25) is 9.59 Å². The molecule has 1 saturated heterocycles. The number of primary amides is 1. The summed E-state index contributed by atoms with van der Waals surface area (Å²) in [5.41, 5.74) is 7.92. The van der Waals surface area contributed by atoms with Gasteiger partial charge in [0.15, 0.2) is 5.96 Å². The molecule has 7 heteroatoms.